The number of hydrogen-bond donors (Lipinski definition) is 2. The van der Waals surface area contributed by atoms with Crippen LogP contribution in [0.4, 0.5) is 0 Å². The summed E-state index contributed by atoms with van der Waals surface area (Å²) in [6.45, 7) is 0. The Bertz CT molecular complexity index is 354. The molecule has 0 unspecified atom stereocenters. The summed E-state index contributed by atoms with van der Waals surface area (Å²) >= 11 is 0. The van der Waals surface area contributed by atoms with Crippen molar-refractivity contribution in [1.82, 2.24) is 0 Å². The van der Waals surface area contributed by atoms with Gasteiger partial charge in [0, 0.05) is 12.0 Å². The Balaban J connectivity index is 0.000000980. The molecular weight excluding hydrogens is 202 g/mol. The van der Waals surface area contributed by atoms with Crippen molar-refractivity contribution in [3.63, 3.8) is 0 Å². The Morgan fingerprint density at radius 2 is 2.14 bits per heavy atom. The van der Waals surface area contributed by atoms with E-state index in [0.29, 0.717) is 11.5 Å². The molecule has 1 aliphatic rings. The average molecular weight is 214 g/mol. The van der Waals surface area contributed by atoms with Crippen molar-refractivity contribution in [3.05, 3.63) is 35.4 Å². The fourth-order valence-corrected chi connectivity index (χ4v) is 1.50. The standard InChI is InChI=1S/C10H11NO2.ClH/c11-9-5-8(9)6-2-1-3-7(4-6)10(12)13;/h1-4,8-9H,5,11H2,(H,12,13);1H/t8-,9+;/m0./s1. The summed E-state index contributed by atoms with van der Waals surface area (Å²) in [6.07, 6.45) is 0.975. The molecule has 3 nitrogen and oxygen atoms in total. The molecule has 0 saturated heterocycles. The van der Waals surface area contributed by atoms with Crippen LogP contribution in [-0.4, -0.2) is 17.1 Å². The van der Waals surface area contributed by atoms with E-state index in [9.17, 15) is 4.79 Å². The van der Waals surface area contributed by atoms with E-state index in [0.717, 1.165) is 12.0 Å². The smallest absolute Gasteiger partial charge is 0.335 e. The molecule has 14 heavy (non-hydrogen) atoms. The molecule has 2 atom stereocenters. The third kappa shape index (κ3) is 2.05. The molecule has 2 rings (SSSR count). The molecule has 0 amide bonds. The largest absolute Gasteiger partial charge is 0.478 e. The van der Waals surface area contributed by atoms with Crippen LogP contribution in [0.15, 0.2) is 24.3 Å². The van der Waals surface area contributed by atoms with Gasteiger partial charge in [-0.15, -0.1) is 12.4 Å². The summed E-state index contributed by atoms with van der Waals surface area (Å²) in [7, 11) is 0. The van der Waals surface area contributed by atoms with Crippen molar-refractivity contribution >= 4 is 18.4 Å². The SMILES string of the molecule is Cl.N[C@@H]1C[C@H]1c1cccc(C(=O)O)c1. The summed E-state index contributed by atoms with van der Waals surface area (Å²) < 4.78 is 0. The molecule has 0 aliphatic heterocycles. The molecule has 1 aromatic rings. The van der Waals surface area contributed by atoms with Gasteiger partial charge in [-0.3, -0.25) is 0 Å². The highest BCUT2D eigenvalue weighted by atomic mass is 35.5. The van der Waals surface area contributed by atoms with Crippen LogP contribution >= 0.6 is 12.4 Å². The van der Waals surface area contributed by atoms with Gasteiger partial charge in [0.1, 0.15) is 0 Å². The topological polar surface area (TPSA) is 63.3 Å². The zero-order valence-corrected chi connectivity index (χ0v) is 8.33. The van der Waals surface area contributed by atoms with Gasteiger partial charge >= 0.3 is 5.97 Å². The number of nitrogens with two attached hydrogens (primary N) is 1. The molecule has 0 aromatic heterocycles. The number of aromatic carboxylic acids is 1. The second kappa shape index (κ2) is 3.98. The van der Waals surface area contributed by atoms with E-state index in [-0.39, 0.29) is 18.4 Å². The van der Waals surface area contributed by atoms with Gasteiger partial charge < -0.3 is 10.8 Å². The van der Waals surface area contributed by atoms with Gasteiger partial charge in [-0.1, -0.05) is 12.1 Å². The zero-order chi connectivity index (χ0) is 9.42. The summed E-state index contributed by atoms with van der Waals surface area (Å²) in [5.41, 5.74) is 7.07. The second-order valence-electron chi connectivity index (χ2n) is 3.44. The fourth-order valence-electron chi connectivity index (χ4n) is 1.50. The van der Waals surface area contributed by atoms with E-state index in [2.05, 4.69) is 0 Å². The second-order valence-corrected chi connectivity index (χ2v) is 3.44. The third-order valence-electron chi connectivity index (χ3n) is 2.40. The molecule has 4 heteroatoms. The average Bonchev–Trinajstić information content (AvgIpc) is 2.83. The van der Waals surface area contributed by atoms with E-state index < -0.39 is 5.97 Å². The van der Waals surface area contributed by atoms with Crippen molar-refractivity contribution in [3.8, 4) is 0 Å². The van der Waals surface area contributed by atoms with Gasteiger partial charge in [-0.05, 0) is 24.1 Å². The van der Waals surface area contributed by atoms with Crippen LogP contribution in [0, 0.1) is 0 Å². The summed E-state index contributed by atoms with van der Waals surface area (Å²) in [4.78, 5) is 10.6. The lowest BCUT2D eigenvalue weighted by atomic mass is 10.1. The first-order valence-corrected chi connectivity index (χ1v) is 4.27. The normalized spacial score (nSPS) is 23.8. The molecule has 0 spiro atoms. The maximum Gasteiger partial charge on any atom is 0.335 e. The van der Waals surface area contributed by atoms with E-state index in [1.165, 1.54) is 0 Å². The molecule has 1 aromatic carbocycles. The number of benzene rings is 1. The lowest BCUT2D eigenvalue weighted by molar-refractivity contribution is 0.0697. The highest BCUT2D eigenvalue weighted by Crippen LogP contribution is 2.38. The summed E-state index contributed by atoms with van der Waals surface area (Å²) in [6, 6.07) is 7.23. The van der Waals surface area contributed by atoms with Crippen molar-refractivity contribution in [2.75, 3.05) is 0 Å². The number of hydrogen-bond acceptors (Lipinski definition) is 2. The first kappa shape index (κ1) is 11.0. The van der Waals surface area contributed by atoms with Crippen molar-refractivity contribution < 1.29 is 9.90 Å². The minimum Gasteiger partial charge on any atom is -0.478 e. The van der Waals surface area contributed by atoms with Gasteiger partial charge in [0.15, 0.2) is 0 Å². The molecule has 1 saturated carbocycles. The van der Waals surface area contributed by atoms with Crippen molar-refractivity contribution in [2.45, 2.75) is 18.4 Å². The number of halogens is 1. The third-order valence-corrected chi connectivity index (χ3v) is 2.40. The molecule has 0 bridgehead atoms. The van der Waals surface area contributed by atoms with E-state index in [4.69, 9.17) is 10.8 Å². The minimum absolute atomic E-state index is 0. The predicted molar refractivity (Wildman–Crippen MR) is 56.0 cm³/mol. The number of carbonyl (C=O) groups is 1. The van der Waals surface area contributed by atoms with Crippen LogP contribution in [-0.2, 0) is 0 Å². The van der Waals surface area contributed by atoms with Crippen LogP contribution in [0.5, 0.6) is 0 Å². The van der Waals surface area contributed by atoms with E-state index >= 15 is 0 Å². The van der Waals surface area contributed by atoms with Gasteiger partial charge in [-0.25, -0.2) is 4.79 Å². The quantitative estimate of drug-likeness (QED) is 0.785. The molecule has 0 heterocycles. The first-order valence-electron chi connectivity index (χ1n) is 4.27. The predicted octanol–water partition coefficient (Wildman–Crippen LogP) is 1.62. The molecule has 3 N–H and O–H groups in total. The summed E-state index contributed by atoms with van der Waals surface area (Å²) in [5, 5.41) is 8.75. The van der Waals surface area contributed by atoms with Gasteiger partial charge in [0.25, 0.3) is 0 Å². The van der Waals surface area contributed by atoms with Crippen LogP contribution in [0.2, 0.25) is 0 Å². The zero-order valence-electron chi connectivity index (χ0n) is 7.51. The molecule has 1 fully saturated rings. The first-order chi connectivity index (χ1) is 6.18. The van der Waals surface area contributed by atoms with Crippen molar-refractivity contribution in [1.29, 1.82) is 0 Å². The minimum atomic E-state index is -0.879. The maximum absolute atomic E-state index is 10.6. The number of rotatable bonds is 2. The highest BCUT2D eigenvalue weighted by molar-refractivity contribution is 5.87. The number of carboxylic acids is 1. The lowest BCUT2D eigenvalue weighted by Crippen LogP contribution is -2.02. The van der Waals surface area contributed by atoms with Gasteiger partial charge in [-0.2, -0.15) is 0 Å². The van der Waals surface area contributed by atoms with Crippen LogP contribution in [0.1, 0.15) is 28.3 Å². The molecule has 0 radical (unpaired) electrons. The summed E-state index contributed by atoms with van der Waals surface area (Å²) in [5.74, 6) is -0.504. The Morgan fingerprint density at radius 1 is 1.50 bits per heavy atom. The van der Waals surface area contributed by atoms with Crippen LogP contribution < -0.4 is 5.73 Å². The van der Waals surface area contributed by atoms with Gasteiger partial charge in [0.05, 0.1) is 5.56 Å². The Hall–Kier alpha value is -1.06. The Morgan fingerprint density at radius 3 is 2.64 bits per heavy atom. The fraction of sp³-hybridized carbons (Fsp3) is 0.300. The number of carboxylic acid groups (broad SMARTS) is 1. The van der Waals surface area contributed by atoms with Gasteiger partial charge in [0.2, 0.25) is 0 Å². The Kier molecular flexibility index (Phi) is 3.13. The van der Waals surface area contributed by atoms with Crippen LogP contribution in [0.3, 0.4) is 0 Å². The lowest BCUT2D eigenvalue weighted by Gasteiger charge is -1.99. The van der Waals surface area contributed by atoms with Crippen molar-refractivity contribution in [2.24, 2.45) is 5.73 Å². The highest BCUT2D eigenvalue weighted by Gasteiger charge is 2.34. The van der Waals surface area contributed by atoms with E-state index in [1.54, 1.807) is 18.2 Å². The molecule has 1 aliphatic carbocycles. The molecular formula is C10H12ClNO2. The van der Waals surface area contributed by atoms with E-state index in [1.807, 2.05) is 6.07 Å². The Labute approximate surface area is 88.3 Å². The monoisotopic (exact) mass is 213 g/mol. The van der Waals surface area contributed by atoms with Crippen LogP contribution in [0.25, 0.3) is 0 Å². The molecule has 76 valence electrons. The maximum atomic E-state index is 10.6.